The van der Waals surface area contributed by atoms with Crippen molar-refractivity contribution in [3.63, 3.8) is 0 Å². The average Bonchev–Trinajstić information content (AvgIpc) is 3.08. The molecule has 0 N–H and O–H groups in total. The second kappa shape index (κ2) is 3.57. The van der Waals surface area contributed by atoms with E-state index in [1.54, 1.807) is 4.57 Å². The van der Waals surface area contributed by atoms with Gasteiger partial charge in [0.2, 0.25) is 0 Å². The third-order valence-electron chi connectivity index (χ3n) is 3.37. The van der Waals surface area contributed by atoms with Gasteiger partial charge in [0.1, 0.15) is 12.4 Å². The predicted octanol–water partition coefficient (Wildman–Crippen LogP) is 0.360. The van der Waals surface area contributed by atoms with E-state index < -0.39 is 0 Å². The van der Waals surface area contributed by atoms with Gasteiger partial charge in [-0.05, 0) is 25.7 Å². The molecule has 0 radical (unpaired) electrons. The molecule has 1 aliphatic heterocycles. The quantitative estimate of drug-likeness (QED) is 0.740. The molecular formula is C11H15N3O2. The fourth-order valence-corrected chi connectivity index (χ4v) is 2.23. The van der Waals surface area contributed by atoms with Gasteiger partial charge in [0.25, 0.3) is 0 Å². The summed E-state index contributed by atoms with van der Waals surface area (Å²) in [5.74, 6) is 1.21. The summed E-state index contributed by atoms with van der Waals surface area (Å²) in [5.41, 5.74) is -0.108. The van der Waals surface area contributed by atoms with Crippen LogP contribution in [0.15, 0.2) is 4.79 Å². The summed E-state index contributed by atoms with van der Waals surface area (Å²) in [5, 5.41) is 4.25. The van der Waals surface area contributed by atoms with Crippen LogP contribution in [0.2, 0.25) is 0 Å². The molecule has 1 saturated carbocycles. The molecule has 0 atom stereocenters. The van der Waals surface area contributed by atoms with Crippen LogP contribution in [0.3, 0.4) is 0 Å². The summed E-state index contributed by atoms with van der Waals surface area (Å²) in [6, 6.07) is 0. The maximum absolute atomic E-state index is 11.9. The van der Waals surface area contributed by atoms with E-state index >= 15 is 0 Å². The molecular weight excluding hydrogens is 206 g/mol. The summed E-state index contributed by atoms with van der Waals surface area (Å²) in [4.78, 5) is 23.5. The van der Waals surface area contributed by atoms with E-state index in [2.05, 4.69) is 5.10 Å². The number of Topliss-reactive ketones (excluding diaryl/α,β-unsaturated/α-hetero) is 1. The molecule has 2 heterocycles. The zero-order chi connectivity index (χ0) is 11.1. The number of ketones is 1. The van der Waals surface area contributed by atoms with Crippen LogP contribution >= 0.6 is 0 Å². The topological polar surface area (TPSA) is 56.9 Å². The molecule has 0 unspecified atom stereocenters. The molecule has 86 valence electrons. The molecule has 0 aromatic carbocycles. The fraction of sp³-hybridized carbons (Fsp3) is 0.727. The number of aromatic nitrogens is 3. The number of hydrogen-bond acceptors (Lipinski definition) is 3. The van der Waals surface area contributed by atoms with Gasteiger partial charge in [-0.1, -0.05) is 0 Å². The first-order valence-corrected chi connectivity index (χ1v) is 5.95. The molecule has 1 aromatic heterocycles. The van der Waals surface area contributed by atoms with Crippen molar-refractivity contribution in [3.05, 3.63) is 16.3 Å². The van der Waals surface area contributed by atoms with Gasteiger partial charge in [0.15, 0.2) is 5.78 Å². The van der Waals surface area contributed by atoms with E-state index in [0.29, 0.717) is 0 Å². The van der Waals surface area contributed by atoms with E-state index in [-0.39, 0.29) is 23.9 Å². The first-order valence-electron chi connectivity index (χ1n) is 5.95. The van der Waals surface area contributed by atoms with Gasteiger partial charge in [-0.3, -0.25) is 9.36 Å². The Hall–Kier alpha value is -1.39. The van der Waals surface area contributed by atoms with Gasteiger partial charge in [0.05, 0.1) is 0 Å². The lowest BCUT2D eigenvalue weighted by atomic mass is 10.2. The number of nitrogens with zero attached hydrogens (tertiary/aromatic N) is 3. The molecule has 16 heavy (non-hydrogen) atoms. The first kappa shape index (κ1) is 9.81. The first-order chi connectivity index (χ1) is 7.75. The number of rotatable bonds is 3. The molecule has 5 heteroatoms. The number of hydrogen-bond donors (Lipinski definition) is 0. The van der Waals surface area contributed by atoms with E-state index in [1.165, 1.54) is 4.68 Å². The highest BCUT2D eigenvalue weighted by Crippen LogP contribution is 2.30. The summed E-state index contributed by atoms with van der Waals surface area (Å²) in [7, 11) is 0. The molecule has 1 aromatic rings. The van der Waals surface area contributed by atoms with Crippen molar-refractivity contribution in [1.29, 1.82) is 0 Å². The van der Waals surface area contributed by atoms with E-state index in [4.69, 9.17) is 0 Å². The van der Waals surface area contributed by atoms with Crippen molar-refractivity contribution in [2.75, 3.05) is 0 Å². The Kier molecular flexibility index (Phi) is 2.19. The highest BCUT2D eigenvalue weighted by Gasteiger charge is 2.30. The normalized spacial score (nSPS) is 19.5. The number of carbonyl (C=O) groups excluding carboxylic acids is 1. The Morgan fingerprint density at radius 2 is 2.19 bits per heavy atom. The molecule has 1 aliphatic carbocycles. The van der Waals surface area contributed by atoms with Crippen LogP contribution in [0.4, 0.5) is 0 Å². The Bertz CT molecular complexity index is 482. The molecule has 0 amide bonds. The smallest absolute Gasteiger partial charge is 0.297 e. The van der Waals surface area contributed by atoms with Crippen LogP contribution in [-0.4, -0.2) is 20.1 Å². The standard InChI is InChI=1S/C11H15N3O2/c15-9(8-4-5-8)7-14-11(16)13-6-2-1-3-10(13)12-14/h8H,1-7H2. The van der Waals surface area contributed by atoms with Gasteiger partial charge >= 0.3 is 5.69 Å². The van der Waals surface area contributed by atoms with E-state index in [1.807, 2.05) is 0 Å². The summed E-state index contributed by atoms with van der Waals surface area (Å²) >= 11 is 0. The van der Waals surface area contributed by atoms with Gasteiger partial charge in [-0.15, -0.1) is 0 Å². The summed E-state index contributed by atoms with van der Waals surface area (Å²) in [6.45, 7) is 0.926. The highest BCUT2D eigenvalue weighted by atomic mass is 16.2. The van der Waals surface area contributed by atoms with Crippen molar-refractivity contribution in [1.82, 2.24) is 14.3 Å². The zero-order valence-corrected chi connectivity index (χ0v) is 9.19. The van der Waals surface area contributed by atoms with Crippen molar-refractivity contribution >= 4 is 5.78 Å². The Labute approximate surface area is 93.1 Å². The Morgan fingerprint density at radius 1 is 1.38 bits per heavy atom. The Balaban J connectivity index is 1.86. The second-order valence-electron chi connectivity index (χ2n) is 4.71. The lowest BCUT2D eigenvalue weighted by Crippen LogP contribution is -2.29. The maximum Gasteiger partial charge on any atom is 0.346 e. The van der Waals surface area contributed by atoms with Crippen LogP contribution in [0.1, 0.15) is 31.5 Å². The monoisotopic (exact) mass is 221 g/mol. The fourth-order valence-electron chi connectivity index (χ4n) is 2.23. The predicted molar refractivity (Wildman–Crippen MR) is 57.2 cm³/mol. The average molecular weight is 221 g/mol. The second-order valence-corrected chi connectivity index (χ2v) is 4.71. The number of fused-ring (bicyclic) bond motifs is 1. The molecule has 2 aliphatic rings. The van der Waals surface area contributed by atoms with Crippen molar-refractivity contribution in [2.24, 2.45) is 5.92 Å². The van der Waals surface area contributed by atoms with Crippen LogP contribution < -0.4 is 5.69 Å². The van der Waals surface area contributed by atoms with Crippen molar-refractivity contribution in [3.8, 4) is 0 Å². The van der Waals surface area contributed by atoms with Gasteiger partial charge in [-0.25, -0.2) is 9.48 Å². The van der Waals surface area contributed by atoms with Crippen LogP contribution in [-0.2, 0) is 24.3 Å². The third kappa shape index (κ3) is 1.60. The lowest BCUT2D eigenvalue weighted by Gasteiger charge is -2.09. The van der Waals surface area contributed by atoms with Crippen LogP contribution in [0, 0.1) is 5.92 Å². The minimum Gasteiger partial charge on any atom is -0.297 e. The van der Waals surface area contributed by atoms with Crippen LogP contribution in [0.25, 0.3) is 0 Å². The SMILES string of the molecule is O=C(Cn1nc2n(c1=O)CCCC2)C1CC1. The summed E-state index contributed by atoms with van der Waals surface area (Å²) < 4.78 is 3.06. The largest absolute Gasteiger partial charge is 0.346 e. The van der Waals surface area contributed by atoms with Crippen molar-refractivity contribution < 1.29 is 4.79 Å². The third-order valence-corrected chi connectivity index (χ3v) is 3.37. The highest BCUT2D eigenvalue weighted by molar-refractivity contribution is 5.82. The molecule has 3 rings (SSSR count). The molecule has 0 bridgehead atoms. The minimum absolute atomic E-state index is 0.108. The maximum atomic E-state index is 11.9. The van der Waals surface area contributed by atoms with E-state index in [9.17, 15) is 9.59 Å². The number of carbonyl (C=O) groups is 1. The molecule has 1 fully saturated rings. The minimum atomic E-state index is -0.108. The van der Waals surface area contributed by atoms with Gasteiger partial charge in [0, 0.05) is 18.9 Å². The van der Waals surface area contributed by atoms with E-state index in [0.717, 1.165) is 44.5 Å². The summed E-state index contributed by atoms with van der Waals surface area (Å²) in [6.07, 6.45) is 4.96. The number of aryl methyl sites for hydroxylation is 1. The Morgan fingerprint density at radius 3 is 2.88 bits per heavy atom. The van der Waals surface area contributed by atoms with Gasteiger partial charge < -0.3 is 0 Å². The van der Waals surface area contributed by atoms with Gasteiger partial charge in [-0.2, -0.15) is 5.10 Å². The molecule has 0 saturated heterocycles. The molecule has 5 nitrogen and oxygen atoms in total. The lowest BCUT2D eigenvalue weighted by molar-refractivity contribution is -0.121. The van der Waals surface area contributed by atoms with Crippen LogP contribution in [0.5, 0.6) is 0 Å². The van der Waals surface area contributed by atoms with Crippen molar-refractivity contribution in [2.45, 2.75) is 45.2 Å². The zero-order valence-electron chi connectivity index (χ0n) is 9.19. The molecule has 0 spiro atoms.